The predicted octanol–water partition coefficient (Wildman–Crippen LogP) is 4.63. The minimum Gasteiger partial charge on any atom is -0.319 e. The lowest BCUT2D eigenvalue weighted by atomic mass is 10.3. The average molecular weight is 396 g/mol. The van der Waals surface area contributed by atoms with Crippen molar-refractivity contribution in [2.45, 2.75) is 9.10 Å². The SMILES string of the molecule is O=C(Nc1ccc(Cl)cc1F)c1ccc(S(=O)(=O)c2ccccc2)s1. The number of thiophene rings is 1. The first-order chi connectivity index (χ1) is 11.9. The van der Waals surface area contributed by atoms with E-state index in [1.807, 2.05) is 0 Å². The summed E-state index contributed by atoms with van der Waals surface area (Å²) in [6, 6.07) is 14.5. The normalized spacial score (nSPS) is 11.3. The molecule has 0 spiro atoms. The Labute approximate surface area is 152 Å². The van der Waals surface area contributed by atoms with Crippen LogP contribution in [0.3, 0.4) is 0 Å². The van der Waals surface area contributed by atoms with E-state index in [0.717, 1.165) is 17.4 Å². The van der Waals surface area contributed by atoms with Crippen molar-refractivity contribution in [3.63, 3.8) is 0 Å². The Hall–Kier alpha value is -2.22. The van der Waals surface area contributed by atoms with Crippen LogP contribution < -0.4 is 5.32 Å². The van der Waals surface area contributed by atoms with Crippen LogP contribution in [0.2, 0.25) is 5.02 Å². The number of sulfone groups is 1. The third-order valence-corrected chi connectivity index (χ3v) is 6.88. The van der Waals surface area contributed by atoms with E-state index in [9.17, 15) is 17.6 Å². The zero-order valence-corrected chi connectivity index (χ0v) is 15.0. The summed E-state index contributed by atoms with van der Waals surface area (Å²) in [5.74, 6) is -1.27. The Morgan fingerprint density at radius 1 is 1.04 bits per heavy atom. The maximum atomic E-state index is 13.8. The van der Waals surface area contributed by atoms with Gasteiger partial charge in [0.25, 0.3) is 5.91 Å². The van der Waals surface area contributed by atoms with Crippen molar-refractivity contribution in [2.75, 3.05) is 5.32 Å². The van der Waals surface area contributed by atoms with Gasteiger partial charge in [0.2, 0.25) is 9.84 Å². The van der Waals surface area contributed by atoms with Crippen LogP contribution in [0.25, 0.3) is 0 Å². The van der Waals surface area contributed by atoms with Gasteiger partial charge in [0.1, 0.15) is 10.0 Å². The van der Waals surface area contributed by atoms with Crippen molar-refractivity contribution >= 4 is 44.4 Å². The smallest absolute Gasteiger partial charge is 0.265 e. The number of hydrogen-bond acceptors (Lipinski definition) is 4. The fourth-order valence-electron chi connectivity index (χ4n) is 2.08. The second-order valence-corrected chi connectivity index (χ2v) is 8.71. The molecular weight excluding hydrogens is 385 g/mol. The number of carbonyl (C=O) groups is 1. The lowest BCUT2D eigenvalue weighted by Gasteiger charge is -2.05. The molecule has 8 heteroatoms. The van der Waals surface area contributed by atoms with Gasteiger partial charge < -0.3 is 5.32 Å². The molecule has 128 valence electrons. The lowest BCUT2D eigenvalue weighted by Crippen LogP contribution is -2.11. The number of benzene rings is 2. The minimum absolute atomic E-state index is 0.0322. The first-order valence-electron chi connectivity index (χ1n) is 7.04. The van der Waals surface area contributed by atoms with Gasteiger partial charge in [-0.2, -0.15) is 0 Å². The molecule has 0 atom stereocenters. The van der Waals surface area contributed by atoms with Crippen LogP contribution in [0.5, 0.6) is 0 Å². The molecule has 3 rings (SSSR count). The number of nitrogens with one attached hydrogen (secondary N) is 1. The van der Waals surface area contributed by atoms with Crippen LogP contribution in [0.1, 0.15) is 9.67 Å². The second-order valence-electron chi connectivity index (χ2n) is 5.01. The summed E-state index contributed by atoms with van der Waals surface area (Å²) < 4.78 is 38.8. The van der Waals surface area contributed by atoms with Gasteiger partial charge in [-0.1, -0.05) is 29.8 Å². The molecule has 1 amide bonds. The third kappa shape index (κ3) is 3.73. The van der Waals surface area contributed by atoms with Gasteiger partial charge in [0.05, 0.1) is 15.5 Å². The van der Waals surface area contributed by atoms with E-state index < -0.39 is 21.6 Å². The zero-order valence-electron chi connectivity index (χ0n) is 12.6. The van der Waals surface area contributed by atoms with Crippen molar-refractivity contribution in [3.8, 4) is 0 Å². The van der Waals surface area contributed by atoms with Gasteiger partial charge in [-0.25, -0.2) is 12.8 Å². The van der Waals surface area contributed by atoms with E-state index >= 15 is 0 Å². The Balaban J connectivity index is 1.85. The molecule has 0 unspecified atom stereocenters. The van der Waals surface area contributed by atoms with Crippen molar-refractivity contribution in [3.05, 3.63) is 76.4 Å². The van der Waals surface area contributed by atoms with Crippen LogP contribution in [-0.4, -0.2) is 14.3 Å². The fourth-order valence-corrected chi connectivity index (χ4v) is 4.86. The zero-order chi connectivity index (χ0) is 18.0. The van der Waals surface area contributed by atoms with Gasteiger partial charge in [0, 0.05) is 5.02 Å². The molecule has 0 aliphatic rings. The highest BCUT2D eigenvalue weighted by Gasteiger charge is 2.21. The van der Waals surface area contributed by atoms with E-state index in [1.54, 1.807) is 18.2 Å². The van der Waals surface area contributed by atoms with E-state index in [2.05, 4.69) is 5.32 Å². The molecule has 3 aromatic rings. The Morgan fingerprint density at radius 3 is 2.44 bits per heavy atom. The number of amides is 1. The first-order valence-corrected chi connectivity index (χ1v) is 9.72. The molecule has 1 heterocycles. The summed E-state index contributed by atoms with van der Waals surface area (Å²) in [5, 5.41) is 2.61. The molecule has 0 radical (unpaired) electrons. The maximum Gasteiger partial charge on any atom is 0.265 e. The number of anilines is 1. The van der Waals surface area contributed by atoms with Crippen molar-refractivity contribution < 1.29 is 17.6 Å². The van der Waals surface area contributed by atoms with Crippen molar-refractivity contribution in [1.29, 1.82) is 0 Å². The molecule has 1 aromatic heterocycles. The van der Waals surface area contributed by atoms with Gasteiger partial charge in [-0.05, 0) is 42.5 Å². The van der Waals surface area contributed by atoms with E-state index in [0.29, 0.717) is 0 Å². The van der Waals surface area contributed by atoms with Crippen molar-refractivity contribution in [2.24, 2.45) is 0 Å². The highest BCUT2D eigenvalue weighted by atomic mass is 35.5. The highest BCUT2D eigenvalue weighted by molar-refractivity contribution is 7.93. The number of rotatable bonds is 4. The molecule has 0 bridgehead atoms. The number of carbonyl (C=O) groups excluding carboxylic acids is 1. The maximum absolute atomic E-state index is 13.8. The van der Waals surface area contributed by atoms with E-state index in [1.165, 1.54) is 36.4 Å². The Morgan fingerprint density at radius 2 is 1.76 bits per heavy atom. The second kappa shape index (κ2) is 6.95. The summed E-state index contributed by atoms with van der Waals surface area (Å²) in [6.45, 7) is 0. The number of halogens is 2. The molecule has 0 aliphatic carbocycles. The molecule has 0 saturated carbocycles. The van der Waals surface area contributed by atoms with Gasteiger partial charge in [-0.3, -0.25) is 4.79 Å². The van der Waals surface area contributed by atoms with Crippen LogP contribution in [0.15, 0.2) is 69.8 Å². The summed E-state index contributed by atoms with van der Waals surface area (Å²) >= 11 is 6.49. The molecule has 0 aliphatic heterocycles. The molecular formula is C17H11ClFNO3S2. The minimum atomic E-state index is -3.69. The van der Waals surface area contributed by atoms with Crippen LogP contribution in [-0.2, 0) is 9.84 Å². The summed E-state index contributed by atoms with van der Waals surface area (Å²) in [4.78, 5) is 12.5. The average Bonchev–Trinajstić information content (AvgIpc) is 3.09. The van der Waals surface area contributed by atoms with E-state index in [4.69, 9.17) is 11.6 Å². The molecule has 2 aromatic carbocycles. The molecule has 4 nitrogen and oxygen atoms in total. The van der Waals surface area contributed by atoms with Gasteiger partial charge >= 0.3 is 0 Å². The van der Waals surface area contributed by atoms with Crippen LogP contribution in [0.4, 0.5) is 10.1 Å². The summed E-state index contributed by atoms with van der Waals surface area (Å²) in [7, 11) is -3.69. The highest BCUT2D eigenvalue weighted by Crippen LogP contribution is 2.28. The molecule has 0 fully saturated rings. The fraction of sp³-hybridized carbons (Fsp3) is 0. The van der Waals surface area contributed by atoms with Crippen LogP contribution in [0, 0.1) is 5.82 Å². The largest absolute Gasteiger partial charge is 0.319 e. The molecule has 0 saturated heterocycles. The lowest BCUT2D eigenvalue weighted by molar-refractivity contribution is 0.103. The number of hydrogen-bond donors (Lipinski definition) is 1. The Bertz CT molecular complexity index is 1030. The van der Waals surface area contributed by atoms with Gasteiger partial charge in [0.15, 0.2) is 0 Å². The summed E-state index contributed by atoms with van der Waals surface area (Å²) in [5.41, 5.74) is -0.0322. The van der Waals surface area contributed by atoms with Crippen molar-refractivity contribution in [1.82, 2.24) is 0 Å². The summed E-state index contributed by atoms with van der Waals surface area (Å²) in [6.07, 6.45) is 0. The van der Waals surface area contributed by atoms with Crippen LogP contribution >= 0.6 is 22.9 Å². The monoisotopic (exact) mass is 395 g/mol. The molecule has 25 heavy (non-hydrogen) atoms. The molecule has 1 N–H and O–H groups in total. The van der Waals surface area contributed by atoms with E-state index in [-0.39, 0.29) is 24.7 Å². The third-order valence-electron chi connectivity index (χ3n) is 3.30. The van der Waals surface area contributed by atoms with Gasteiger partial charge in [-0.15, -0.1) is 11.3 Å². The predicted molar refractivity (Wildman–Crippen MR) is 95.6 cm³/mol. The quantitative estimate of drug-likeness (QED) is 0.700. The first kappa shape index (κ1) is 17.6. The topological polar surface area (TPSA) is 63.2 Å². The Kier molecular flexibility index (Phi) is 4.89. The standard InChI is InChI=1S/C17H11ClFNO3S2/c18-11-6-7-14(13(19)10-11)20-17(21)15-8-9-16(24-15)25(22,23)12-4-2-1-3-5-12/h1-10H,(H,20,21).